The maximum Gasteiger partial charge on any atom is 0.279 e. The highest BCUT2D eigenvalue weighted by Crippen LogP contribution is 2.87. The standard InChI is InChI=1S/C14H20F2O2S/c1-11(15,16)10(19)18-7-12-3-8-2-9-4-13(17,5-12)6-14(8,9)12/h8-10,17,19H,2-7H2,1H3. The van der Waals surface area contributed by atoms with Crippen LogP contribution in [0, 0.1) is 22.7 Å². The molecule has 5 heteroatoms. The van der Waals surface area contributed by atoms with Gasteiger partial charge in [-0.3, -0.25) is 0 Å². The second-order valence-corrected chi connectivity index (χ2v) is 8.03. The number of fused-ring (bicyclic) bond motifs is 1. The normalized spacial score (nSPS) is 55.4. The van der Waals surface area contributed by atoms with E-state index >= 15 is 0 Å². The molecular weight excluding hydrogens is 270 g/mol. The number of halogens is 2. The van der Waals surface area contributed by atoms with Crippen LogP contribution in [0.15, 0.2) is 0 Å². The monoisotopic (exact) mass is 290 g/mol. The van der Waals surface area contributed by atoms with Crippen molar-refractivity contribution in [2.75, 3.05) is 6.61 Å². The van der Waals surface area contributed by atoms with Gasteiger partial charge in [0.2, 0.25) is 0 Å². The maximum atomic E-state index is 13.1. The molecule has 4 saturated carbocycles. The fourth-order valence-electron chi connectivity index (χ4n) is 6.05. The van der Waals surface area contributed by atoms with E-state index in [9.17, 15) is 13.9 Å². The van der Waals surface area contributed by atoms with E-state index in [-0.39, 0.29) is 10.8 Å². The summed E-state index contributed by atoms with van der Waals surface area (Å²) in [6.45, 7) is 1.17. The Hall–Kier alpha value is 0.130. The first-order chi connectivity index (χ1) is 8.71. The lowest BCUT2D eigenvalue weighted by Crippen LogP contribution is -2.68. The Morgan fingerprint density at radius 3 is 2.63 bits per heavy atom. The minimum Gasteiger partial charge on any atom is -0.390 e. The van der Waals surface area contributed by atoms with Gasteiger partial charge in [0.15, 0.2) is 5.44 Å². The number of aliphatic hydroxyl groups is 1. The number of ether oxygens (including phenoxy) is 1. The first-order valence-corrected chi connectivity index (χ1v) is 7.62. The average Bonchev–Trinajstić information content (AvgIpc) is 2.67. The highest BCUT2D eigenvalue weighted by atomic mass is 32.1. The predicted octanol–water partition coefficient (Wildman–Crippen LogP) is 2.86. The largest absolute Gasteiger partial charge is 0.390 e. The van der Waals surface area contributed by atoms with E-state index in [0.29, 0.717) is 18.4 Å². The van der Waals surface area contributed by atoms with Gasteiger partial charge >= 0.3 is 0 Å². The summed E-state index contributed by atoms with van der Waals surface area (Å²) in [4.78, 5) is 0. The molecule has 6 unspecified atom stereocenters. The van der Waals surface area contributed by atoms with Crippen molar-refractivity contribution < 1.29 is 18.6 Å². The Labute approximate surface area is 117 Å². The van der Waals surface area contributed by atoms with Crippen molar-refractivity contribution in [3.05, 3.63) is 0 Å². The number of alkyl halides is 2. The van der Waals surface area contributed by atoms with E-state index in [0.717, 1.165) is 32.6 Å². The molecule has 0 aromatic heterocycles. The molecule has 0 aromatic carbocycles. The molecular formula is C14H20F2O2S. The van der Waals surface area contributed by atoms with Crippen LogP contribution < -0.4 is 0 Å². The van der Waals surface area contributed by atoms with Gasteiger partial charge in [0.1, 0.15) is 0 Å². The van der Waals surface area contributed by atoms with E-state index in [1.807, 2.05) is 0 Å². The summed E-state index contributed by atoms with van der Waals surface area (Å²) >= 11 is 3.86. The molecule has 1 spiro atoms. The van der Waals surface area contributed by atoms with Gasteiger partial charge < -0.3 is 9.84 Å². The maximum absolute atomic E-state index is 13.1. The van der Waals surface area contributed by atoms with Crippen LogP contribution >= 0.6 is 12.6 Å². The number of hydrogen-bond acceptors (Lipinski definition) is 3. The molecule has 6 atom stereocenters. The summed E-state index contributed by atoms with van der Waals surface area (Å²) in [7, 11) is 0. The molecule has 1 N–H and O–H groups in total. The lowest BCUT2D eigenvalue weighted by Gasteiger charge is -2.72. The second kappa shape index (κ2) is 3.30. The van der Waals surface area contributed by atoms with E-state index in [2.05, 4.69) is 12.6 Å². The molecule has 0 aromatic rings. The highest BCUT2D eigenvalue weighted by Gasteiger charge is 2.83. The van der Waals surface area contributed by atoms with Gasteiger partial charge in [-0.25, -0.2) is 8.78 Å². The Morgan fingerprint density at radius 1 is 1.37 bits per heavy atom. The fourth-order valence-corrected chi connectivity index (χ4v) is 6.12. The molecule has 4 aliphatic carbocycles. The number of rotatable bonds is 4. The molecule has 0 radical (unpaired) electrons. The van der Waals surface area contributed by atoms with Crippen molar-refractivity contribution in [1.82, 2.24) is 0 Å². The average molecular weight is 290 g/mol. The SMILES string of the molecule is CC(F)(F)C(S)OCC12CC3CC4CC(O)(C1)CC432. The predicted molar refractivity (Wildman–Crippen MR) is 69.2 cm³/mol. The molecule has 19 heavy (non-hydrogen) atoms. The van der Waals surface area contributed by atoms with E-state index in [1.165, 1.54) is 6.42 Å². The van der Waals surface area contributed by atoms with Crippen molar-refractivity contribution in [2.24, 2.45) is 22.7 Å². The van der Waals surface area contributed by atoms with Gasteiger partial charge in [-0.15, -0.1) is 12.6 Å². The van der Waals surface area contributed by atoms with Crippen molar-refractivity contribution in [2.45, 2.75) is 56.0 Å². The second-order valence-electron chi connectivity index (χ2n) is 7.56. The molecule has 0 heterocycles. The summed E-state index contributed by atoms with van der Waals surface area (Å²) in [5.41, 5.74) is -1.71. The summed E-state index contributed by atoms with van der Waals surface area (Å²) in [6.07, 6.45) is 4.79. The van der Waals surface area contributed by atoms with Gasteiger partial charge in [-0.05, 0) is 49.4 Å². The number of thiol groups is 1. The van der Waals surface area contributed by atoms with Gasteiger partial charge in [0.05, 0.1) is 12.2 Å². The molecule has 0 saturated heterocycles. The molecule has 2 bridgehead atoms. The van der Waals surface area contributed by atoms with Crippen LogP contribution in [-0.2, 0) is 4.74 Å². The van der Waals surface area contributed by atoms with Crippen molar-refractivity contribution >= 4 is 12.6 Å². The van der Waals surface area contributed by atoms with Crippen LogP contribution in [0.4, 0.5) is 8.78 Å². The van der Waals surface area contributed by atoms with Crippen LogP contribution in [-0.4, -0.2) is 28.7 Å². The zero-order valence-electron chi connectivity index (χ0n) is 11.0. The van der Waals surface area contributed by atoms with Crippen molar-refractivity contribution in [1.29, 1.82) is 0 Å². The quantitative estimate of drug-likeness (QED) is 0.616. The third-order valence-corrected chi connectivity index (χ3v) is 7.12. The lowest BCUT2D eigenvalue weighted by atomic mass is 9.32. The highest BCUT2D eigenvalue weighted by molar-refractivity contribution is 7.80. The van der Waals surface area contributed by atoms with Crippen LogP contribution in [0.3, 0.4) is 0 Å². The summed E-state index contributed by atoms with van der Waals surface area (Å²) < 4.78 is 31.6. The van der Waals surface area contributed by atoms with Crippen LogP contribution in [0.1, 0.15) is 39.0 Å². The van der Waals surface area contributed by atoms with Crippen molar-refractivity contribution in [3.8, 4) is 0 Å². The molecule has 0 aliphatic heterocycles. The molecule has 4 rings (SSSR count). The summed E-state index contributed by atoms with van der Waals surface area (Å²) in [5, 5.41) is 10.6. The van der Waals surface area contributed by atoms with Crippen molar-refractivity contribution in [3.63, 3.8) is 0 Å². The minimum atomic E-state index is -2.92. The van der Waals surface area contributed by atoms with Gasteiger partial charge in [0, 0.05) is 12.3 Å². The first-order valence-electron chi connectivity index (χ1n) is 7.11. The van der Waals surface area contributed by atoms with E-state index in [1.54, 1.807) is 0 Å². The van der Waals surface area contributed by atoms with Gasteiger partial charge in [-0.1, -0.05) is 0 Å². The minimum absolute atomic E-state index is 0.0419. The third-order valence-electron chi connectivity index (χ3n) is 6.52. The van der Waals surface area contributed by atoms with Crippen LogP contribution in [0.2, 0.25) is 0 Å². The van der Waals surface area contributed by atoms with Crippen LogP contribution in [0.25, 0.3) is 0 Å². The summed E-state index contributed by atoms with van der Waals surface area (Å²) in [6, 6.07) is 0. The fraction of sp³-hybridized carbons (Fsp3) is 1.00. The molecule has 4 fully saturated rings. The topological polar surface area (TPSA) is 29.5 Å². The van der Waals surface area contributed by atoms with E-state index in [4.69, 9.17) is 4.74 Å². The zero-order valence-corrected chi connectivity index (χ0v) is 11.9. The van der Waals surface area contributed by atoms with Gasteiger partial charge in [-0.2, -0.15) is 0 Å². The van der Waals surface area contributed by atoms with E-state index < -0.39 is 17.0 Å². The molecule has 108 valence electrons. The Kier molecular flexibility index (Phi) is 2.23. The number of hydrogen-bond donors (Lipinski definition) is 2. The van der Waals surface area contributed by atoms with Crippen LogP contribution in [0.5, 0.6) is 0 Å². The molecule has 0 amide bonds. The third kappa shape index (κ3) is 1.35. The van der Waals surface area contributed by atoms with Gasteiger partial charge in [0.25, 0.3) is 5.92 Å². The molecule has 2 nitrogen and oxygen atoms in total. The first kappa shape index (κ1) is 12.8. The Morgan fingerprint density at radius 2 is 2.05 bits per heavy atom. The smallest absolute Gasteiger partial charge is 0.279 e. The zero-order chi connectivity index (χ0) is 13.7. The molecule has 4 aliphatic rings. The lowest BCUT2D eigenvalue weighted by molar-refractivity contribution is -0.272. The summed E-state index contributed by atoms with van der Waals surface area (Å²) in [5.74, 6) is -1.61. The Bertz CT molecular complexity index is 440. The Balaban J connectivity index is 1.51.